The molecule has 1 heteroatoms. The molecule has 1 nitrogen and oxygen atoms in total. The van der Waals surface area contributed by atoms with Crippen LogP contribution < -0.4 is 0 Å². The molecule has 0 aliphatic heterocycles. The fraction of sp³-hybridized carbons (Fsp3) is 0.350. The molecular weight excluding hydrogens is 254 g/mol. The third-order valence-corrected chi connectivity index (χ3v) is 4.92. The van der Waals surface area contributed by atoms with E-state index >= 15 is 0 Å². The first-order valence-corrected chi connectivity index (χ1v) is 7.71. The number of fused-ring (bicyclic) bond motifs is 1. The Hall–Kier alpha value is -2.07. The quantitative estimate of drug-likeness (QED) is 0.783. The molecule has 1 aliphatic rings. The summed E-state index contributed by atoms with van der Waals surface area (Å²) in [7, 11) is 0. The van der Waals surface area contributed by atoms with E-state index in [1.165, 1.54) is 27.8 Å². The second-order valence-electron chi connectivity index (χ2n) is 6.25. The van der Waals surface area contributed by atoms with Crippen molar-refractivity contribution in [2.24, 2.45) is 0 Å². The molecule has 0 radical (unpaired) electrons. The summed E-state index contributed by atoms with van der Waals surface area (Å²) in [4.78, 5) is 0. The molecule has 2 aromatic carbocycles. The first kappa shape index (κ1) is 13.9. The molecule has 0 heterocycles. The van der Waals surface area contributed by atoms with Crippen LogP contribution >= 0.6 is 0 Å². The van der Waals surface area contributed by atoms with Gasteiger partial charge in [0.1, 0.15) is 0 Å². The van der Waals surface area contributed by atoms with Crippen LogP contribution in [0.25, 0.3) is 0 Å². The molecular formula is C20H21N. The number of hydrogen-bond acceptors (Lipinski definition) is 1. The smallest absolute Gasteiger partial charge is 0.0865 e. The van der Waals surface area contributed by atoms with Crippen molar-refractivity contribution in [3.05, 3.63) is 70.3 Å². The number of hydrogen-bond donors (Lipinski definition) is 0. The maximum absolute atomic E-state index is 9.98. The summed E-state index contributed by atoms with van der Waals surface area (Å²) >= 11 is 0. The summed E-state index contributed by atoms with van der Waals surface area (Å²) in [5, 5.41) is 9.98. The zero-order valence-electron chi connectivity index (χ0n) is 12.8. The van der Waals surface area contributed by atoms with Crippen LogP contribution in [0, 0.1) is 25.2 Å². The topological polar surface area (TPSA) is 23.8 Å². The molecule has 1 aliphatic carbocycles. The lowest BCUT2D eigenvalue weighted by molar-refractivity contribution is 0.449. The highest BCUT2D eigenvalue weighted by Gasteiger charge is 2.37. The Morgan fingerprint density at radius 2 is 1.76 bits per heavy atom. The molecule has 0 amide bonds. The van der Waals surface area contributed by atoms with E-state index in [1.807, 2.05) is 0 Å². The highest BCUT2D eigenvalue weighted by atomic mass is 14.4. The van der Waals surface area contributed by atoms with Gasteiger partial charge in [-0.05, 0) is 67.3 Å². The highest BCUT2D eigenvalue weighted by Crippen LogP contribution is 2.40. The number of nitrogens with zero attached hydrogens (tertiary/aromatic N) is 1. The van der Waals surface area contributed by atoms with Gasteiger partial charge in [-0.2, -0.15) is 5.26 Å². The molecule has 0 aromatic heterocycles. The lowest BCUT2D eigenvalue weighted by Crippen LogP contribution is -2.32. The molecule has 0 saturated carbocycles. The second-order valence-corrected chi connectivity index (χ2v) is 6.25. The largest absolute Gasteiger partial charge is 0.197 e. The molecule has 0 fully saturated rings. The summed E-state index contributed by atoms with van der Waals surface area (Å²) in [6.45, 7) is 4.31. The summed E-state index contributed by atoms with van der Waals surface area (Å²) in [5.41, 5.74) is 6.19. The molecule has 21 heavy (non-hydrogen) atoms. The summed E-state index contributed by atoms with van der Waals surface area (Å²) in [6.07, 6.45) is 4.01. The third-order valence-electron chi connectivity index (χ3n) is 4.92. The van der Waals surface area contributed by atoms with Crippen LogP contribution in [0.4, 0.5) is 0 Å². The monoisotopic (exact) mass is 275 g/mol. The van der Waals surface area contributed by atoms with Crippen molar-refractivity contribution in [1.82, 2.24) is 0 Å². The van der Waals surface area contributed by atoms with Crippen molar-refractivity contribution in [2.45, 2.75) is 44.9 Å². The van der Waals surface area contributed by atoms with E-state index in [-0.39, 0.29) is 5.41 Å². The van der Waals surface area contributed by atoms with Crippen LogP contribution in [-0.4, -0.2) is 0 Å². The van der Waals surface area contributed by atoms with Crippen LogP contribution in [-0.2, 0) is 18.3 Å². The van der Waals surface area contributed by atoms with Crippen LogP contribution in [0.1, 0.15) is 40.7 Å². The Morgan fingerprint density at radius 1 is 1.05 bits per heavy atom. The van der Waals surface area contributed by atoms with Crippen molar-refractivity contribution in [1.29, 1.82) is 5.26 Å². The minimum atomic E-state index is -0.355. The molecule has 106 valence electrons. The molecule has 0 bridgehead atoms. The van der Waals surface area contributed by atoms with Gasteiger partial charge in [0.05, 0.1) is 11.5 Å². The van der Waals surface area contributed by atoms with E-state index in [0.29, 0.717) is 0 Å². The highest BCUT2D eigenvalue weighted by molar-refractivity contribution is 5.45. The Morgan fingerprint density at radius 3 is 2.48 bits per heavy atom. The average Bonchev–Trinajstić information content (AvgIpc) is 2.51. The van der Waals surface area contributed by atoms with Crippen molar-refractivity contribution < 1.29 is 0 Å². The van der Waals surface area contributed by atoms with E-state index in [9.17, 15) is 5.26 Å². The average molecular weight is 275 g/mol. The van der Waals surface area contributed by atoms with Crippen molar-refractivity contribution in [3.8, 4) is 6.07 Å². The summed E-state index contributed by atoms with van der Waals surface area (Å²) in [6, 6.07) is 17.6. The SMILES string of the molecule is Cc1cccc(C)c1CC1(C#N)CCCc2ccccc21. The molecule has 0 N–H and O–H groups in total. The Kier molecular flexibility index (Phi) is 3.55. The van der Waals surface area contributed by atoms with Gasteiger partial charge in [0, 0.05) is 0 Å². The van der Waals surface area contributed by atoms with E-state index in [1.54, 1.807) is 0 Å². The van der Waals surface area contributed by atoms with Gasteiger partial charge in [-0.3, -0.25) is 0 Å². The second kappa shape index (κ2) is 5.37. The van der Waals surface area contributed by atoms with Crippen molar-refractivity contribution in [2.75, 3.05) is 0 Å². The predicted molar refractivity (Wildman–Crippen MR) is 86.3 cm³/mol. The number of nitriles is 1. The van der Waals surface area contributed by atoms with Gasteiger partial charge in [-0.1, -0.05) is 42.5 Å². The molecule has 3 rings (SSSR count). The minimum Gasteiger partial charge on any atom is -0.197 e. The van der Waals surface area contributed by atoms with E-state index < -0.39 is 0 Å². The predicted octanol–water partition coefficient (Wildman–Crippen LogP) is 4.64. The fourth-order valence-corrected chi connectivity index (χ4v) is 3.69. The molecule has 0 spiro atoms. The van der Waals surface area contributed by atoms with E-state index in [4.69, 9.17) is 0 Å². The number of benzene rings is 2. The van der Waals surface area contributed by atoms with Crippen molar-refractivity contribution in [3.63, 3.8) is 0 Å². The first-order valence-electron chi connectivity index (χ1n) is 7.71. The Bertz CT molecular complexity index is 688. The van der Waals surface area contributed by atoms with Gasteiger partial charge < -0.3 is 0 Å². The zero-order valence-corrected chi connectivity index (χ0v) is 12.8. The number of aryl methyl sites for hydroxylation is 3. The fourth-order valence-electron chi connectivity index (χ4n) is 3.69. The molecule has 1 unspecified atom stereocenters. The Balaban J connectivity index is 2.10. The maximum Gasteiger partial charge on any atom is 0.0865 e. The van der Waals surface area contributed by atoms with Gasteiger partial charge in [0.15, 0.2) is 0 Å². The molecule has 1 atom stereocenters. The normalized spacial score (nSPS) is 20.6. The standard InChI is InChI=1S/C20H21N/c1-15-7-5-8-16(2)18(15)13-20(14-21)12-6-10-17-9-3-4-11-19(17)20/h3-5,7-9,11H,6,10,12-13H2,1-2H3. The van der Waals surface area contributed by atoms with Crippen LogP contribution in [0.15, 0.2) is 42.5 Å². The summed E-state index contributed by atoms with van der Waals surface area (Å²) in [5.74, 6) is 0. The van der Waals surface area contributed by atoms with E-state index in [0.717, 1.165) is 25.7 Å². The van der Waals surface area contributed by atoms with Gasteiger partial charge in [-0.25, -0.2) is 0 Å². The molecule has 0 saturated heterocycles. The Labute approximate surface area is 127 Å². The van der Waals surface area contributed by atoms with E-state index in [2.05, 4.69) is 62.4 Å². The van der Waals surface area contributed by atoms with Gasteiger partial charge in [0.25, 0.3) is 0 Å². The lowest BCUT2D eigenvalue weighted by atomic mass is 9.67. The maximum atomic E-state index is 9.98. The third kappa shape index (κ3) is 2.36. The van der Waals surface area contributed by atoms with Crippen LogP contribution in [0.5, 0.6) is 0 Å². The molecule has 2 aromatic rings. The lowest BCUT2D eigenvalue weighted by Gasteiger charge is -2.34. The van der Waals surface area contributed by atoms with Gasteiger partial charge >= 0.3 is 0 Å². The van der Waals surface area contributed by atoms with Crippen molar-refractivity contribution >= 4 is 0 Å². The minimum absolute atomic E-state index is 0.355. The zero-order chi connectivity index (χ0) is 14.9. The summed E-state index contributed by atoms with van der Waals surface area (Å²) < 4.78 is 0. The first-order chi connectivity index (χ1) is 10.2. The van der Waals surface area contributed by atoms with Gasteiger partial charge in [-0.15, -0.1) is 0 Å². The number of rotatable bonds is 2. The van der Waals surface area contributed by atoms with Crippen LogP contribution in [0.2, 0.25) is 0 Å². The van der Waals surface area contributed by atoms with Crippen LogP contribution in [0.3, 0.4) is 0 Å². The van der Waals surface area contributed by atoms with Gasteiger partial charge in [0.2, 0.25) is 0 Å².